The van der Waals surface area contributed by atoms with E-state index in [0.29, 0.717) is 17.4 Å². The Morgan fingerprint density at radius 2 is 1.84 bits per heavy atom. The molecule has 0 aliphatic carbocycles. The van der Waals surface area contributed by atoms with Crippen LogP contribution in [0.25, 0.3) is 10.9 Å². The summed E-state index contributed by atoms with van der Waals surface area (Å²) in [6, 6.07) is 14.5. The Balaban J connectivity index is 1.84. The molecule has 0 spiro atoms. The van der Waals surface area contributed by atoms with E-state index in [-0.39, 0.29) is 30.6 Å². The van der Waals surface area contributed by atoms with Crippen LogP contribution in [0.15, 0.2) is 58.1 Å². The number of amides is 1. The Bertz CT molecular complexity index is 1200. The van der Waals surface area contributed by atoms with Crippen molar-refractivity contribution in [1.29, 1.82) is 0 Å². The highest BCUT2D eigenvalue weighted by Crippen LogP contribution is 2.22. The molecule has 1 N–H and O–H groups in total. The molecule has 1 atom stereocenters. The minimum Gasteiger partial charge on any atom is -0.497 e. The van der Waals surface area contributed by atoms with E-state index in [4.69, 9.17) is 4.74 Å². The molecule has 0 bridgehead atoms. The van der Waals surface area contributed by atoms with E-state index >= 15 is 0 Å². The third-order valence-corrected chi connectivity index (χ3v) is 5.34. The fraction of sp³-hybridized carbons (Fsp3) is 0.348. The quantitative estimate of drug-likeness (QED) is 0.594. The highest BCUT2D eigenvalue weighted by molar-refractivity contribution is 5.81. The van der Waals surface area contributed by atoms with Gasteiger partial charge in [0.05, 0.1) is 24.1 Å². The normalized spacial score (nSPS) is 12.2. The first-order valence-corrected chi connectivity index (χ1v) is 10.2. The molecule has 2 aromatic carbocycles. The predicted octanol–water partition coefficient (Wildman–Crippen LogP) is 1.61. The molecule has 0 radical (unpaired) electrons. The number of rotatable bonds is 8. The van der Waals surface area contributed by atoms with Gasteiger partial charge in [-0.05, 0) is 50.8 Å². The molecule has 3 rings (SSSR count). The molecule has 8 heteroatoms. The third-order valence-electron chi connectivity index (χ3n) is 5.34. The molecule has 0 aliphatic heterocycles. The van der Waals surface area contributed by atoms with Crippen molar-refractivity contribution < 1.29 is 9.53 Å². The van der Waals surface area contributed by atoms with Gasteiger partial charge in [0, 0.05) is 13.1 Å². The molecular weight excluding hydrogens is 396 g/mol. The van der Waals surface area contributed by atoms with Crippen LogP contribution in [-0.2, 0) is 17.9 Å². The van der Waals surface area contributed by atoms with Crippen LogP contribution in [0.3, 0.4) is 0 Å². The number of methoxy groups -OCH3 is 1. The summed E-state index contributed by atoms with van der Waals surface area (Å²) in [4.78, 5) is 40.2. The lowest BCUT2D eigenvalue weighted by Gasteiger charge is -2.25. The Hall–Kier alpha value is -3.39. The molecule has 1 amide bonds. The molecule has 0 fully saturated rings. The molecule has 0 aliphatic rings. The lowest BCUT2D eigenvalue weighted by atomic mass is 10.1. The Morgan fingerprint density at radius 3 is 2.52 bits per heavy atom. The number of ether oxygens (including phenoxy) is 1. The molecule has 1 unspecified atom stereocenters. The lowest BCUT2D eigenvalue weighted by molar-refractivity contribution is -0.121. The van der Waals surface area contributed by atoms with Crippen molar-refractivity contribution in [2.24, 2.45) is 0 Å². The number of aromatic nitrogens is 2. The van der Waals surface area contributed by atoms with Gasteiger partial charge in [0.1, 0.15) is 12.3 Å². The molecule has 164 valence electrons. The highest BCUT2D eigenvalue weighted by Gasteiger charge is 2.18. The Kier molecular flexibility index (Phi) is 6.91. The summed E-state index contributed by atoms with van der Waals surface area (Å²) in [5.41, 5.74) is 0.630. The van der Waals surface area contributed by atoms with Crippen molar-refractivity contribution in [1.82, 2.24) is 19.4 Å². The monoisotopic (exact) mass is 424 g/mol. The summed E-state index contributed by atoms with van der Waals surface area (Å²) in [6.45, 7) is 2.16. The summed E-state index contributed by atoms with van der Waals surface area (Å²) in [7, 11) is 5.49. The van der Waals surface area contributed by atoms with Crippen LogP contribution in [0.1, 0.15) is 18.5 Å². The summed E-state index contributed by atoms with van der Waals surface area (Å²) in [5, 5.41) is 3.34. The minimum atomic E-state index is -0.488. The van der Waals surface area contributed by atoms with Crippen molar-refractivity contribution in [3.63, 3.8) is 0 Å². The van der Waals surface area contributed by atoms with E-state index in [1.165, 1.54) is 4.57 Å². The van der Waals surface area contributed by atoms with Crippen LogP contribution >= 0.6 is 0 Å². The van der Waals surface area contributed by atoms with Crippen molar-refractivity contribution in [2.45, 2.75) is 26.1 Å². The number of carbonyl (C=O) groups is 1. The second kappa shape index (κ2) is 9.61. The lowest BCUT2D eigenvalue weighted by Crippen LogP contribution is -2.43. The number of benzene rings is 2. The Labute approximate surface area is 180 Å². The van der Waals surface area contributed by atoms with Crippen LogP contribution in [-0.4, -0.2) is 47.7 Å². The predicted molar refractivity (Wildman–Crippen MR) is 121 cm³/mol. The molecule has 1 aromatic heterocycles. The second-order valence-electron chi connectivity index (χ2n) is 7.50. The van der Waals surface area contributed by atoms with Gasteiger partial charge in [-0.3, -0.25) is 18.7 Å². The van der Waals surface area contributed by atoms with E-state index in [0.717, 1.165) is 15.9 Å². The fourth-order valence-electron chi connectivity index (χ4n) is 3.66. The molecule has 8 nitrogen and oxygen atoms in total. The summed E-state index contributed by atoms with van der Waals surface area (Å²) >= 11 is 0. The van der Waals surface area contributed by atoms with Crippen LogP contribution < -0.4 is 21.3 Å². The van der Waals surface area contributed by atoms with E-state index in [9.17, 15) is 14.4 Å². The minimum absolute atomic E-state index is 0.0721. The standard InChI is InChI=1S/C23H28N4O4/c1-5-26-22(29)18-11-6-7-12-19(18)27(23(26)30)15-21(28)24-14-20(25(2)3)16-9-8-10-17(13-16)31-4/h6-13,20H,5,14-15H2,1-4H3,(H,24,28). The molecular formula is C23H28N4O4. The highest BCUT2D eigenvalue weighted by atomic mass is 16.5. The van der Waals surface area contributed by atoms with E-state index in [1.807, 2.05) is 43.3 Å². The van der Waals surface area contributed by atoms with Crippen LogP contribution in [0.5, 0.6) is 5.75 Å². The Morgan fingerprint density at radius 1 is 1.10 bits per heavy atom. The number of fused-ring (bicyclic) bond motifs is 1. The smallest absolute Gasteiger partial charge is 0.331 e. The zero-order valence-electron chi connectivity index (χ0n) is 18.3. The number of carbonyl (C=O) groups excluding carboxylic acids is 1. The van der Waals surface area contributed by atoms with Gasteiger partial charge in [0.25, 0.3) is 5.56 Å². The van der Waals surface area contributed by atoms with E-state index in [2.05, 4.69) is 5.32 Å². The van der Waals surface area contributed by atoms with Gasteiger partial charge in [-0.25, -0.2) is 4.79 Å². The molecule has 3 aromatic rings. The van der Waals surface area contributed by atoms with Crippen molar-refractivity contribution in [3.8, 4) is 5.75 Å². The largest absolute Gasteiger partial charge is 0.497 e. The SMILES string of the molecule is CCn1c(=O)c2ccccc2n(CC(=O)NCC(c2cccc(OC)c2)N(C)C)c1=O. The zero-order valence-corrected chi connectivity index (χ0v) is 18.3. The van der Waals surface area contributed by atoms with Gasteiger partial charge < -0.3 is 15.0 Å². The molecule has 31 heavy (non-hydrogen) atoms. The van der Waals surface area contributed by atoms with E-state index < -0.39 is 5.69 Å². The zero-order chi connectivity index (χ0) is 22.5. The maximum absolute atomic E-state index is 12.8. The fourth-order valence-corrected chi connectivity index (χ4v) is 3.66. The van der Waals surface area contributed by atoms with Crippen molar-refractivity contribution in [3.05, 3.63) is 74.9 Å². The van der Waals surface area contributed by atoms with Gasteiger partial charge in [0.2, 0.25) is 5.91 Å². The van der Waals surface area contributed by atoms with Gasteiger partial charge >= 0.3 is 5.69 Å². The average Bonchev–Trinajstić information content (AvgIpc) is 2.77. The topological polar surface area (TPSA) is 85.6 Å². The number of para-hydroxylation sites is 1. The number of hydrogen-bond donors (Lipinski definition) is 1. The van der Waals surface area contributed by atoms with Crippen LogP contribution in [0.2, 0.25) is 0 Å². The van der Waals surface area contributed by atoms with Crippen molar-refractivity contribution in [2.75, 3.05) is 27.7 Å². The number of nitrogens with zero attached hydrogens (tertiary/aromatic N) is 3. The number of nitrogens with one attached hydrogen (secondary N) is 1. The first-order chi connectivity index (χ1) is 14.9. The summed E-state index contributed by atoms with van der Waals surface area (Å²) in [5.74, 6) is 0.443. The number of likely N-dealkylation sites (N-methyl/N-ethyl adjacent to an activating group) is 1. The van der Waals surface area contributed by atoms with Gasteiger partial charge in [-0.1, -0.05) is 24.3 Å². The molecule has 0 saturated heterocycles. The van der Waals surface area contributed by atoms with Gasteiger partial charge in [-0.15, -0.1) is 0 Å². The second-order valence-corrected chi connectivity index (χ2v) is 7.50. The average molecular weight is 425 g/mol. The molecule has 0 saturated carbocycles. The van der Waals surface area contributed by atoms with Gasteiger partial charge in [0.15, 0.2) is 0 Å². The molecule has 1 heterocycles. The van der Waals surface area contributed by atoms with Crippen LogP contribution in [0, 0.1) is 0 Å². The maximum Gasteiger partial charge on any atom is 0.331 e. The maximum atomic E-state index is 12.8. The number of hydrogen-bond acceptors (Lipinski definition) is 5. The third kappa shape index (κ3) is 4.69. The first kappa shape index (κ1) is 22.3. The van der Waals surface area contributed by atoms with Crippen molar-refractivity contribution >= 4 is 16.8 Å². The first-order valence-electron chi connectivity index (χ1n) is 10.2. The van der Waals surface area contributed by atoms with Gasteiger partial charge in [-0.2, -0.15) is 0 Å². The summed E-state index contributed by atoms with van der Waals surface area (Å²) < 4.78 is 7.80. The van der Waals surface area contributed by atoms with E-state index in [1.54, 1.807) is 38.3 Å². The summed E-state index contributed by atoms with van der Waals surface area (Å²) in [6.07, 6.45) is 0. The van der Waals surface area contributed by atoms with Crippen LogP contribution in [0.4, 0.5) is 0 Å².